The highest BCUT2D eigenvalue weighted by molar-refractivity contribution is 6.01. The van der Waals surface area contributed by atoms with Crippen LogP contribution in [0.25, 0.3) is 0 Å². The predicted octanol–water partition coefficient (Wildman–Crippen LogP) is 3.23. The van der Waals surface area contributed by atoms with Gasteiger partial charge >= 0.3 is 5.97 Å². The van der Waals surface area contributed by atoms with E-state index in [4.69, 9.17) is 4.74 Å². The molecule has 120 valence electrons. The van der Waals surface area contributed by atoms with Gasteiger partial charge in [-0.1, -0.05) is 26.0 Å². The topological polar surface area (TPSA) is 60.4 Å². The van der Waals surface area contributed by atoms with Crippen LogP contribution in [-0.4, -0.2) is 24.1 Å². The summed E-state index contributed by atoms with van der Waals surface area (Å²) in [5, 5.41) is 0. The Bertz CT molecular complexity index is 594. The standard InChI is InChI=1S/C17H21FO4/c1-10(14(18)9-19)6-7-13-11(2)16(21)15(22-12(3)20)8-17(13,4)5/h6-7,9,15H,8H2,1-5H3/b7-6+,14-10-. The molecule has 0 amide bonds. The number of ketones is 1. The van der Waals surface area contributed by atoms with E-state index >= 15 is 0 Å². The molecule has 0 aromatic rings. The summed E-state index contributed by atoms with van der Waals surface area (Å²) in [6.45, 7) is 8.26. The number of carbonyl (C=O) groups is 3. The number of carbonyl (C=O) groups excluding carboxylic acids is 3. The van der Waals surface area contributed by atoms with E-state index in [1.165, 1.54) is 19.9 Å². The van der Waals surface area contributed by atoms with Gasteiger partial charge in [-0.15, -0.1) is 0 Å². The molecule has 1 unspecified atom stereocenters. The summed E-state index contributed by atoms with van der Waals surface area (Å²) < 4.78 is 18.2. The summed E-state index contributed by atoms with van der Waals surface area (Å²) in [5.74, 6) is -1.58. The van der Waals surface area contributed by atoms with E-state index in [0.717, 1.165) is 5.57 Å². The van der Waals surface area contributed by atoms with E-state index < -0.39 is 23.3 Å². The van der Waals surface area contributed by atoms with Crippen LogP contribution in [0.5, 0.6) is 0 Å². The SMILES string of the molecule is CC(=O)OC1CC(C)(C)C(/C=C/C(C)=C(\F)C=O)=C(C)C1=O. The van der Waals surface area contributed by atoms with Gasteiger partial charge in [0, 0.05) is 13.3 Å². The molecule has 22 heavy (non-hydrogen) atoms. The van der Waals surface area contributed by atoms with Gasteiger partial charge in [0.1, 0.15) is 0 Å². The van der Waals surface area contributed by atoms with Crippen molar-refractivity contribution in [2.45, 2.75) is 47.1 Å². The van der Waals surface area contributed by atoms with Crippen LogP contribution in [0.4, 0.5) is 4.39 Å². The van der Waals surface area contributed by atoms with Gasteiger partial charge in [-0.25, -0.2) is 4.39 Å². The van der Waals surface area contributed by atoms with Crippen LogP contribution in [0.3, 0.4) is 0 Å². The Morgan fingerprint density at radius 1 is 1.36 bits per heavy atom. The van der Waals surface area contributed by atoms with Gasteiger partial charge in [0.25, 0.3) is 0 Å². The van der Waals surface area contributed by atoms with E-state index in [-0.39, 0.29) is 17.6 Å². The van der Waals surface area contributed by atoms with Crippen molar-refractivity contribution >= 4 is 18.0 Å². The molecule has 0 N–H and O–H groups in total. The Balaban J connectivity index is 3.20. The number of allylic oxidation sites excluding steroid dienone is 5. The number of esters is 1. The molecule has 0 radical (unpaired) electrons. The van der Waals surface area contributed by atoms with Crippen molar-refractivity contribution in [1.82, 2.24) is 0 Å². The number of halogens is 1. The summed E-state index contributed by atoms with van der Waals surface area (Å²) in [6, 6.07) is 0. The van der Waals surface area contributed by atoms with E-state index in [0.29, 0.717) is 12.0 Å². The lowest BCUT2D eigenvalue weighted by molar-refractivity contribution is -0.153. The number of aldehydes is 1. The summed E-state index contributed by atoms with van der Waals surface area (Å²) >= 11 is 0. The fourth-order valence-electron chi connectivity index (χ4n) is 2.57. The maximum absolute atomic E-state index is 13.2. The number of hydrogen-bond donors (Lipinski definition) is 0. The van der Waals surface area contributed by atoms with Crippen molar-refractivity contribution in [2.24, 2.45) is 5.41 Å². The normalized spacial score (nSPS) is 22.6. The Labute approximate surface area is 129 Å². The molecule has 1 aliphatic carbocycles. The summed E-state index contributed by atoms with van der Waals surface area (Å²) in [4.78, 5) is 33.8. The van der Waals surface area contributed by atoms with Gasteiger partial charge in [-0.3, -0.25) is 14.4 Å². The molecule has 0 bridgehead atoms. The zero-order valence-electron chi connectivity index (χ0n) is 13.5. The minimum atomic E-state index is -0.841. The van der Waals surface area contributed by atoms with Crippen LogP contribution < -0.4 is 0 Å². The molecule has 0 aromatic carbocycles. The number of Topliss-reactive ketones (excluding diaryl/α,β-unsaturated/α-hetero) is 1. The highest BCUT2D eigenvalue weighted by atomic mass is 19.1. The average molecular weight is 308 g/mol. The van der Waals surface area contributed by atoms with E-state index in [2.05, 4.69) is 0 Å². The summed E-state index contributed by atoms with van der Waals surface area (Å²) in [7, 11) is 0. The van der Waals surface area contributed by atoms with E-state index in [9.17, 15) is 18.8 Å². The van der Waals surface area contributed by atoms with Crippen molar-refractivity contribution in [1.29, 1.82) is 0 Å². The maximum Gasteiger partial charge on any atom is 0.303 e. The van der Waals surface area contributed by atoms with Crippen molar-refractivity contribution < 1.29 is 23.5 Å². The van der Waals surface area contributed by atoms with Gasteiger partial charge in [0.05, 0.1) is 0 Å². The quantitative estimate of drug-likeness (QED) is 0.346. The van der Waals surface area contributed by atoms with Crippen molar-refractivity contribution in [3.8, 4) is 0 Å². The second-order valence-corrected chi connectivity index (χ2v) is 6.07. The van der Waals surface area contributed by atoms with Crippen molar-refractivity contribution in [3.63, 3.8) is 0 Å². The Morgan fingerprint density at radius 2 is 1.95 bits per heavy atom. The first-order chi connectivity index (χ1) is 10.1. The third kappa shape index (κ3) is 4.00. The van der Waals surface area contributed by atoms with Gasteiger partial charge in [-0.2, -0.15) is 0 Å². The molecule has 1 atom stereocenters. The molecule has 1 aliphatic rings. The molecule has 5 heteroatoms. The third-order valence-electron chi connectivity index (χ3n) is 3.78. The molecule has 0 aliphatic heterocycles. The molecule has 0 fully saturated rings. The lowest BCUT2D eigenvalue weighted by Gasteiger charge is -2.36. The molecule has 0 heterocycles. The molecular weight excluding hydrogens is 287 g/mol. The summed E-state index contributed by atoms with van der Waals surface area (Å²) in [5.41, 5.74) is 1.02. The molecule has 0 saturated heterocycles. The third-order valence-corrected chi connectivity index (χ3v) is 3.78. The highest BCUT2D eigenvalue weighted by Crippen LogP contribution is 2.40. The van der Waals surface area contributed by atoms with Gasteiger partial charge < -0.3 is 4.74 Å². The van der Waals surface area contributed by atoms with Gasteiger partial charge in [0.2, 0.25) is 0 Å². The fourth-order valence-corrected chi connectivity index (χ4v) is 2.57. The highest BCUT2D eigenvalue weighted by Gasteiger charge is 2.39. The first-order valence-electron chi connectivity index (χ1n) is 7.02. The van der Waals surface area contributed by atoms with Crippen molar-refractivity contribution in [2.75, 3.05) is 0 Å². The Hall–Kier alpha value is -2.04. The Kier molecular flexibility index (Phi) is 5.58. The largest absolute Gasteiger partial charge is 0.454 e. The zero-order chi connectivity index (χ0) is 17.1. The van der Waals surface area contributed by atoms with Crippen LogP contribution in [-0.2, 0) is 19.1 Å². The molecular formula is C17H21FO4. The molecule has 0 aromatic heterocycles. The van der Waals surface area contributed by atoms with Gasteiger partial charge in [0.15, 0.2) is 24.0 Å². The zero-order valence-corrected chi connectivity index (χ0v) is 13.5. The average Bonchev–Trinajstić information content (AvgIpc) is 2.42. The van der Waals surface area contributed by atoms with E-state index in [1.807, 2.05) is 13.8 Å². The fraction of sp³-hybridized carbons (Fsp3) is 0.471. The minimum absolute atomic E-state index is 0.148. The first kappa shape index (κ1) is 18.0. The number of hydrogen-bond acceptors (Lipinski definition) is 4. The minimum Gasteiger partial charge on any atom is -0.454 e. The Morgan fingerprint density at radius 3 is 2.45 bits per heavy atom. The molecule has 0 spiro atoms. The lowest BCUT2D eigenvalue weighted by atomic mass is 9.71. The van der Waals surface area contributed by atoms with Gasteiger partial charge in [-0.05, 0) is 36.0 Å². The van der Waals surface area contributed by atoms with Crippen LogP contribution in [0.2, 0.25) is 0 Å². The maximum atomic E-state index is 13.2. The van der Waals surface area contributed by atoms with Crippen molar-refractivity contribution in [3.05, 3.63) is 34.7 Å². The molecule has 0 saturated carbocycles. The molecule has 1 rings (SSSR count). The van der Waals surface area contributed by atoms with E-state index in [1.54, 1.807) is 13.0 Å². The first-order valence-corrected chi connectivity index (χ1v) is 7.02. The molecule has 4 nitrogen and oxygen atoms in total. The van der Waals surface area contributed by atoms with Crippen LogP contribution in [0.15, 0.2) is 34.7 Å². The monoisotopic (exact) mass is 308 g/mol. The van der Waals surface area contributed by atoms with Crippen LogP contribution in [0.1, 0.15) is 41.0 Å². The lowest BCUT2D eigenvalue weighted by Crippen LogP contribution is -2.38. The number of rotatable bonds is 4. The second-order valence-electron chi connectivity index (χ2n) is 6.07. The van der Waals surface area contributed by atoms with Crippen LogP contribution >= 0.6 is 0 Å². The predicted molar refractivity (Wildman–Crippen MR) is 80.7 cm³/mol. The number of ether oxygens (including phenoxy) is 1. The van der Waals surface area contributed by atoms with Crippen LogP contribution in [0, 0.1) is 5.41 Å². The smallest absolute Gasteiger partial charge is 0.303 e. The summed E-state index contributed by atoms with van der Waals surface area (Å²) in [6.07, 6.45) is 2.85. The second kappa shape index (κ2) is 6.81.